The molecule has 86 valence electrons. The molecule has 0 N–H and O–H groups in total. The lowest BCUT2D eigenvalue weighted by Crippen LogP contribution is -1.89. The van der Waals surface area contributed by atoms with E-state index in [-0.39, 0.29) is 5.82 Å². The third-order valence-corrected chi connectivity index (χ3v) is 3.56. The zero-order valence-electron chi connectivity index (χ0n) is 9.64. The van der Waals surface area contributed by atoms with Crippen molar-refractivity contribution in [1.29, 1.82) is 0 Å². The van der Waals surface area contributed by atoms with E-state index in [1.807, 2.05) is 18.2 Å². The van der Waals surface area contributed by atoms with Gasteiger partial charge >= 0.3 is 0 Å². The summed E-state index contributed by atoms with van der Waals surface area (Å²) in [7, 11) is 0. The molecular formula is C16H15F. The van der Waals surface area contributed by atoms with Gasteiger partial charge in [-0.05, 0) is 47.9 Å². The quantitative estimate of drug-likeness (QED) is 0.736. The van der Waals surface area contributed by atoms with Crippen molar-refractivity contribution >= 4 is 0 Å². The minimum absolute atomic E-state index is 0.144. The molecule has 0 radical (unpaired) electrons. The normalized spacial score (nSPS) is 22.4. The predicted octanol–water partition coefficient (Wildman–Crippen LogP) is 4.17. The number of hydrogen-bond donors (Lipinski definition) is 0. The first-order valence-electron chi connectivity index (χ1n) is 6.12. The van der Waals surface area contributed by atoms with Crippen LogP contribution < -0.4 is 0 Å². The molecule has 2 aromatic rings. The Hall–Kier alpha value is -1.63. The second-order valence-corrected chi connectivity index (χ2v) is 4.84. The minimum Gasteiger partial charge on any atom is -0.207 e. The van der Waals surface area contributed by atoms with Crippen molar-refractivity contribution < 1.29 is 4.39 Å². The third kappa shape index (κ3) is 2.38. The van der Waals surface area contributed by atoms with E-state index in [9.17, 15) is 4.39 Å². The van der Waals surface area contributed by atoms with Crippen LogP contribution in [0.2, 0.25) is 0 Å². The summed E-state index contributed by atoms with van der Waals surface area (Å²) in [5.74, 6) is 1.23. The van der Waals surface area contributed by atoms with Gasteiger partial charge in [0.05, 0.1) is 0 Å². The van der Waals surface area contributed by atoms with Gasteiger partial charge in [-0.15, -0.1) is 0 Å². The first kappa shape index (κ1) is 10.5. The standard InChI is InChI=1S/C16H15F/c17-15-8-6-13(7-9-15)16-11-14(16)10-12-4-2-1-3-5-12/h1-9,14,16H,10-11H2. The lowest BCUT2D eigenvalue weighted by molar-refractivity contribution is 0.626. The molecule has 0 saturated heterocycles. The zero-order chi connectivity index (χ0) is 11.7. The number of benzene rings is 2. The first-order valence-corrected chi connectivity index (χ1v) is 6.12. The molecule has 1 fully saturated rings. The first-order chi connectivity index (χ1) is 8.33. The van der Waals surface area contributed by atoms with Crippen LogP contribution >= 0.6 is 0 Å². The summed E-state index contributed by atoms with van der Waals surface area (Å²) in [6.45, 7) is 0. The van der Waals surface area contributed by atoms with Crippen LogP contribution in [0.25, 0.3) is 0 Å². The fourth-order valence-corrected chi connectivity index (χ4v) is 2.51. The summed E-state index contributed by atoms with van der Waals surface area (Å²) in [5, 5.41) is 0. The summed E-state index contributed by atoms with van der Waals surface area (Å²) >= 11 is 0. The van der Waals surface area contributed by atoms with Crippen molar-refractivity contribution in [3.05, 3.63) is 71.5 Å². The Morgan fingerprint density at radius 3 is 2.35 bits per heavy atom. The molecular weight excluding hydrogens is 211 g/mol. The van der Waals surface area contributed by atoms with Crippen LogP contribution in [0.15, 0.2) is 54.6 Å². The fraction of sp³-hybridized carbons (Fsp3) is 0.250. The molecule has 0 bridgehead atoms. The van der Waals surface area contributed by atoms with Crippen molar-refractivity contribution in [1.82, 2.24) is 0 Å². The van der Waals surface area contributed by atoms with Gasteiger partial charge in [-0.3, -0.25) is 0 Å². The van der Waals surface area contributed by atoms with Gasteiger partial charge < -0.3 is 0 Å². The Labute approximate surface area is 101 Å². The Morgan fingerprint density at radius 1 is 0.941 bits per heavy atom. The molecule has 0 aliphatic heterocycles. The Morgan fingerprint density at radius 2 is 1.65 bits per heavy atom. The molecule has 0 spiro atoms. The highest BCUT2D eigenvalue weighted by Gasteiger charge is 2.37. The van der Waals surface area contributed by atoms with Crippen LogP contribution in [0.4, 0.5) is 4.39 Å². The molecule has 2 atom stereocenters. The van der Waals surface area contributed by atoms with Crippen LogP contribution in [0.1, 0.15) is 23.5 Å². The second-order valence-electron chi connectivity index (χ2n) is 4.84. The summed E-state index contributed by atoms with van der Waals surface area (Å²) < 4.78 is 12.8. The SMILES string of the molecule is Fc1ccc(C2CC2Cc2ccccc2)cc1. The van der Waals surface area contributed by atoms with Crippen LogP contribution in [-0.2, 0) is 6.42 Å². The number of rotatable bonds is 3. The van der Waals surface area contributed by atoms with Gasteiger partial charge in [-0.1, -0.05) is 42.5 Å². The van der Waals surface area contributed by atoms with E-state index in [0.717, 1.165) is 12.3 Å². The van der Waals surface area contributed by atoms with Crippen molar-refractivity contribution in [2.45, 2.75) is 18.8 Å². The largest absolute Gasteiger partial charge is 0.207 e. The average Bonchev–Trinajstić information content (AvgIpc) is 3.11. The van der Waals surface area contributed by atoms with Crippen molar-refractivity contribution in [3.63, 3.8) is 0 Å². The van der Waals surface area contributed by atoms with E-state index in [1.54, 1.807) is 12.1 Å². The maximum Gasteiger partial charge on any atom is 0.123 e. The third-order valence-electron chi connectivity index (χ3n) is 3.56. The van der Waals surface area contributed by atoms with Crippen LogP contribution in [0, 0.1) is 11.7 Å². The summed E-state index contributed by atoms with van der Waals surface area (Å²) in [6, 6.07) is 17.6. The summed E-state index contributed by atoms with van der Waals surface area (Å²) in [5.41, 5.74) is 2.69. The van der Waals surface area contributed by atoms with Gasteiger partial charge in [-0.2, -0.15) is 0 Å². The van der Waals surface area contributed by atoms with Crippen LogP contribution in [-0.4, -0.2) is 0 Å². The van der Waals surface area contributed by atoms with Crippen LogP contribution in [0.3, 0.4) is 0 Å². The Bertz CT molecular complexity index is 487. The topological polar surface area (TPSA) is 0 Å². The monoisotopic (exact) mass is 226 g/mol. The van der Waals surface area contributed by atoms with E-state index >= 15 is 0 Å². The lowest BCUT2D eigenvalue weighted by Gasteiger charge is -2.01. The summed E-state index contributed by atoms with van der Waals surface area (Å²) in [6.07, 6.45) is 2.38. The molecule has 17 heavy (non-hydrogen) atoms. The molecule has 0 aromatic heterocycles. The van der Waals surface area contributed by atoms with E-state index in [1.165, 1.54) is 17.5 Å². The highest BCUT2D eigenvalue weighted by atomic mass is 19.1. The van der Waals surface area contributed by atoms with Gasteiger partial charge in [0, 0.05) is 0 Å². The molecule has 1 heteroatoms. The fourth-order valence-electron chi connectivity index (χ4n) is 2.51. The molecule has 1 saturated carbocycles. The van der Waals surface area contributed by atoms with Crippen LogP contribution in [0.5, 0.6) is 0 Å². The maximum atomic E-state index is 12.8. The molecule has 0 amide bonds. The van der Waals surface area contributed by atoms with Gasteiger partial charge in [0.15, 0.2) is 0 Å². The molecule has 2 unspecified atom stereocenters. The van der Waals surface area contributed by atoms with E-state index in [2.05, 4.69) is 24.3 Å². The number of hydrogen-bond acceptors (Lipinski definition) is 0. The van der Waals surface area contributed by atoms with Gasteiger partial charge in [0.25, 0.3) is 0 Å². The zero-order valence-corrected chi connectivity index (χ0v) is 9.64. The Balaban J connectivity index is 1.65. The van der Waals surface area contributed by atoms with E-state index in [0.29, 0.717) is 5.92 Å². The van der Waals surface area contributed by atoms with E-state index in [4.69, 9.17) is 0 Å². The summed E-state index contributed by atoms with van der Waals surface area (Å²) in [4.78, 5) is 0. The van der Waals surface area contributed by atoms with Crippen molar-refractivity contribution in [2.75, 3.05) is 0 Å². The van der Waals surface area contributed by atoms with Gasteiger partial charge in [-0.25, -0.2) is 4.39 Å². The predicted molar refractivity (Wildman–Crippen MR) is 67.4 cm³/mol. The van der Waals surface area contributed by atoms with Gasteiger partial charge in [0.1, 0.15) is 5.82 Å². The highest BCUT2D eigenvalue weighted by Crippen LogP contribution is 2.49. The molecule has 0 nitrogen and oxygen atoms in total. The lowest BCUT2D eigenvalue weighted by atomic mass is 10.0. The number of halogens is 1. The minimum atomic E-state index is -0.144. The molecule has 0 heterocycles. The van der Waals surface area contributed by atoms with Gasteiger partial charge in [0.2, 0.25) is 0 Å². The van der Waals surface area contributed by atoms with Crippen molar-refractivity contribution in [3.8, 4) is 0 Å². The molecule has 2 aromatic carbocycles. The average molecular weight is 226 g/mol. The van der Waals surface area contributed by atoms with E-state index < -0.39 is 0 Å². The smallest absolute Gasteiger partial charge is 0.123 e. The molecule has 1 aliphatic rings. The maximum absolute atomic E-state index is 12.8. The molecule has 1 aliphatic carbocycles. The Kier molecular flexibility index (Phi) is 2.68. The molecule has 3 rings (SSSR count). The second kappa shape index (κ2) is 4.33. The highest BCUT2D eigenvalue weighted by molar-refractivity contribution is 5.28. The van der Waals surface area contributed by atoms with Crippen molar-refractivity contribution in [2.24, 2.45) is 5.92 Å².